The van der Waals surface area contributed by atoms with Gasteiger partial charge in [0.25, 0.3) is 0 Å². The third-order valence-corrected chi connectivity index (χ3v) is 6.04. The molecule has 1 aliphatic heterocycles. The van der Waals surface area contributed by atoms with Gasteiger partial charge >= 0.3 is 0 Å². The van der Waals surface area contributed by atoms with Crippen molar-refractivity contribution in [2.24, 2.45) is 5.92 Å². The third-order valence-electron chi connectivity index (χ3n) is 4.92. The molecule has 122 valence electrons. The Kier molecular flexibility index (Phi) is 4.25. The molecule has 1 saturated carbocycles. The van der Waals surface area contributed by atoms with Crippen LogP contribution < -0.4 is 0 Å². The zero-order valence-corrected chi connectivity index (χ0v) is 13.7. The Labute approximate surface area is 131 Å². The number of carbonyl (C=O) groups is 1. The van der Waals surface area contributed by atoms with Gasteiger partial charge in [-0.1, -0.05) is 12.8 Å². The van der Waals surface area contributed by atoms with E-state index in [1.165, 1.54) is 38.1 Å². The smallest absolute Gasteiger partial charge is 0.222 e. The van der Waals surface area contributed by atoms with E-state index < -0.39 is 9.84 Å². The van der Waals surface area contributed by atoms with Gasteiger partial charge in [-0.2, -0.15) is 5.10 Å². The van der Waals surface area contributed by atoms with E-state index in [9.17, 15) is 13.2 Å². The van der Waals surface area contributed by atoms with Gasteiger partial charge in [0.15, 0.2) is 9.84 Å². The highest BCUT2D eigenvalue weighted by molar-refractivity contribution is 7.90. The van der Waals surface area contributed by atoms with Crippen molar-refractivity contribution in [3.8, 4) is 0 Å². The topological polar surface area (TPSA) is 83.1 Å². The van der Waals surface area contributed by atoms with E-state index in [0.717, 1.165) is 6.42 Å². The molecule has 0 unspecified atom stereocenters. The monoisotopic (exact) mass is 325 g/mol. The zero-order chi connectivity index (χ0) is 15.7. The Morgan fingerprint density at radius 1 is 1.36 bits per heavy atom. The van der Waals surface area contributed by atoms with Crippen molar-refractivity contribution in [2.45, 2.75) is 49.3 Å². The molecule has 3 rings (SSSR count). The summed E-state index contributed by atoms with van der Waals surface area (Å²) in [5.41, 5.74) is 0.652. The van der Waals surface area contributed by atoms with Crippen LogP contribution in [0.15, 0.2) is 11.1 Å². The summed E-state index contributed by atoms with van der Waals surface area (Å²) in [6.07, 6.45) is 8.82. The van der Waals surface area contributed by atoms with Gasteiger partial charge in [0.1, 0.15) is 4.90 Å². The molecular weight excluding hydrogens is 302 g/mol. The lowest BCUT2D eigenvalue weighted by molar-refractivity contribution is -0.131. The lowest BCUT2D eigenvalue weighted by Gasteiger charge is -2.18. The number of hydrogen-bond acceptors (Lipinski definition) is 4. The van der Waals surface area contributed by atoms with Crippen molar-refractivity contribution in [2.75, 3.05) is 19.3 Å². The van der Waals surface area contributed by atoms with Gasteiger partial charge < -0.3 is 4.90 Å². The fourth-order valence-corrected chi connectivity index (χ4v) is 4.54. The minimum absolute atomic E-state index is 0.0414. The number of amides is 1. The number of carbonyl (C=O) groups excluding carboxylic acids is 1. The summed E-state index contributed by atoms with van der Waals surface area (Å²) in [6, 6.07) is 0. The fourth-order valence-electron chi connectivity index (χ4n) is 3.69. The van der Waals surface area contributed by atoms with Gasteiger partial charge in [-0.3, -0.25) is 9.89 Å². The highest BCUT2D eigenvalue weighted by Crippen LogP contribution is 2.32. The summed E-state index contributed by atoms with van der Waals surface area (Å²) in [6.45, 7) is 1.30. The molecule has 0 aromatic carbocycles. The highest BCUT2D eigenvalue weighted by Gasteiger charge is 2.32. The SMILES string of the molecule is CS(=O)(=O)c1cn[nH]c1[C@H]1CCN(C(=O)CC2CCCC2)C1. The lowest BCUT2D eigenvalue weighted by atomic mass is 10.0. The Hall–Kier alpha value is -1.37. The van der Waals surface area contributed by atoms with E-state index in [-0.39, 0.29) is 16.7 Å². The molecule has 1 N–H and O–H groups in total. The molecule has 2 fully saturated rings. The van der Waals surface area contributed by atoms with Crippen molar-refractivity contribution in [3.05, 3.63) is 11.9 Å². The number of rotatable bonds is 4. The van der Waals surface area contributed by atoms with Crippen LogP contribution in [-0.2, 0) is 14.6 Å². The maximum Gasteiger partial charge on any atom is 0.222 e. The van der Waals surface area contributed by atoms with E-state index in [4.69, 9.17) is 0 Å². The molecule has 1 aliphatic carbocycles. The molecule has 1 saturated heterocycles. The van der Waals surface area contributed by atoms with Gasteiger partial charge in [-0.25, -0.2) is 8.42 Å². The average molecular weight is 325 g/mol. The van der Waals surface area contributed by atoms with E-state index in [0.29, 0.717) is 31.1 Å². The third kappa shape index (κ3) is 3.19. The van der Waals surface area contributed by atoms with Gasteiger partial charge in [0.05, 0.1) is 11.9 Å². The average Bonchev–Trinajstić information content (AvgIpc) is 3.18. The normalized spacial score (nSPS) is 23.3. The second-order valence-electron chi connectivity index (χ2n) is 6.60. The van der Waals surface area contributed by atoms with Gasteiger partial charge in [0, 0.05) is 31.7 Å². The molecule has 0 radical (unpaired) electrons. The number of nitrogens with zero attached hydrogens (tertiary/aromatic N) is 2. The van der Waals surface area contributed by atoms with Crippen LogP contribution in [0.1, 0.15) is 50.1 Å². The molecule has 2 aliphatic rings. The molecular formula is C15H23N3O3S. The molecule has 1 aromatic heterocycles. The van der Waals surface area contributed by atoms with E-state index in [2.05, 4.69) is 10.2 Å². The largest absolute Gasteiger partial charge is 0.342 e. The first-order valence-electron chi connectivity index (χ1n) is 7.96. The van der Waals surface area contributed by atoms with Crippen LogP contribution in [0.25, 0.3) is 0 Å². The summed E-state index contributed by atoms with van der Waals surface area (Å²) >= 11 is 0. The van der Waals surface area contributed by atoms with Crippen molar-refractivity contribution in [3.63, 3.8) is 0 Å². The fraction of sp³-hybridized carbons (Fsp3) is 0.733. The molecule has 1 atom stereocenters. The number of likely N-dealkylation sites (tertiary alicyclic amines) is 1. The van der Waals surface area contributed by atoms with Crippen LogP contribution in [-0.4, -0.2) is 48.8 Å². The Balaban J connectivity index is 1.65. The summed E-state index contributed by atoms with van der Waals surface area (Å²) in [4.78, 5) is 14.5. The summed E-state index contributed by atoms with van der Waals surface area (Å²) < 4.78 is 23.6. The van der Waals surface area contributed by atoms with Crippen LogP contribution in [0.2, 0.25) is 0 Å². The number of nitrogens with one attached hydrogen (secondary N) is 1. The second-order valence-corrected chi connectivity index (χ2v) is 8.58. The molecule has 22 heavy (non-hydrogen) atoms. The molecule has 7 heteroatoms. The van der Waals surface area contributed by atoms with E-state index in [1.807, 2.05) is 4.90 Å². The van der Waals surface area contributed by atoms with Gasteiger partial charge in [-0.05, 0) is 25.2 Å². The number of hydrogen-bond donors (Lipinski definition) is 1. The maximum atomic E-state index is 12.4. The minimum Gasteiger partial charge on any atom is -0.342 e. The van der Waals surface area contributed by atoms with E-state index >= 15 is 0 Å². The first kappa shape index (κ1) is 15.5. The number of H-pyrrole nitrogens is 1. The van der Waals surface area contributed by atoms with Crippen LogP contribution in [0.5, 0.6) is 0 Å². The van der Waals surface area contributed by atoms with E-state index in [1.54, 1.807) is 0 Å². The molecule has 1 amide bonds. The summed E-state index contributed by atoms with van der Waals surface area (Å²) in [5.74, 6) is 0.805. The molecule has 2 heterocycles. The molecule has 1 aromatic rings. The highest BCUT2D eigenvalue weighted by atomic mass is 32.2. The summed E-state index contributed by atoms with van der Waals surface area (Å²) in [7, 11) is -3.28. The summed E-state index contributed by atoms with van der Waals surface area (Å²) in [5, 5.41) is 6.70. The number of aromatic nitrogens is 2. The molecule has 6 nitrogen and oxygen atoms in total. The number of aromatic amines is 1. The van der Waals surface area contributed by atoms with Crippen molar-refractivity contribution in [1.82, 2.24) is 15.1 Å². The predicted molar refractivity (Wildman–Crippen MR) is 82.2 cm³/mol. The minimum atomic E-state index is -3.28. The Morgan fingerprint density at radius 2 is 2.09 bits per heavy atom. The van der Waals surface area contributed by atoms with Gasteiger partial charge in [-0.15, -0.1) is 0 Å². The first-order valence-corrected chi connectivity index (χ1v) is 9.85. The quantitative estimate of drug-likeness (QED) is 0.913. The lowest BCUT2D eigenvalue weighted by Crippen LogP contribution is -2.29. The Bertz CT molecular complexity index is 647. The Morgan fingerprint density at radius 3 is 2.77 bits per heavy atom. The molecule has 0 bridgehead atoms. The standard InChI is InChI=1S/C15H23N3O3S/c1-22(20,21)13-9-16-17-15(13)12-6-7-18(10-12)14(19)8-11-4-2-3-5-11/h9,11-12H,2-8,10H2,1H3,(H,16,17)/t12-/m0/s1. The van der Waals surface area contributed by atoms with Crippen LogP contribution >= 0.6 is 0 Å². The molecule has 0 spiro atoms. The van der Waals surface area contributed by atoms with Crippen molar-refractivity contribution >= 4 is 15.7 Å². The zero-order valence-electron chi connectivity index (χ0n) is 12.9. The van der Waals surface area contributed by atoms with Crippen molar-refractivity contribution < 1.29 is 13.2 Å². The first-order chi connectivity index (χ1) is 10.4. The van der Waals surface area contributed by atoms with Crippen LogP contribution in [0, 0.1) is 5.92 Å². The predicted octanol–water partition coefficient (Wildman–Crippen LogP) is 1.71. The number of sulfone groups is 1. The van der Waals surface area contributed by atoms with Crippen LogP contribution in [0.4, 0.5) is 0 Å². The van der Waals surface area contributed by atoms with Crippen LogP contribution in [0.3, 0.4) is 0 Å². The van der Waals surface area contributed by atoms with Gasteiger partial charge in [0.2, 0.25) is 5.91 Å². The maximum absolute atomic E-state index is 12.4. The second kappa shape index (κ2) is 6.02. The van der Waals surface area contributed by atoms with Crippen molar-refractivity contribution in [1.29, 1.82) is 0 Å².